The van der Waals surface area contributed by atoms with Crippen molar-refractivity contribution in [2.24, 2.45) is 4.99 Å². The maximum absolute atomic E-state index is 12.6. The minimum Gasteiger partial charge on any atom is -0.496 e. The average molecular weight is 527 g/mol. The second-order valence-electron chi connectivity index (χ2n) is 7.12. The number of carbonyl (C=O) groups is 2. The van der Waals surface area contributed by atoms with E-state index >= 15 is 0 Å². The highest BCUT2D eigenvalue weighted by Gasteiger charge is 2.27. The molecule has 0 spiro atoms. The van der Waals surface area contributed by atoms with Gasteiger partial charge >= 0.3 is 11.9 Å². The number of esters is 2. The molecule has 0 N–H and O–H groups in total. The molecule has 166 valence electrons. The molecule has 0 bridgehead atoms. The highest BCUT2D eigenvalue weighted by Crippen LogP contribution is 2.31. The van der Waals surface area contributed by atoms with Crippen molar-refractivity contribution < 1.29 is 23.8 Å². The average Bonchev–Trinajstić information content (AvgIpc) is 3.15. The predicted octanol–water partition coefficient (Wildman–Crippen LogP) is 5.98. The van der Waals surface area contributed by atoms with E-state index in [9.17, 15) is 9.59 Å². The second kappa shape index (κ2) is 9.60. The van der Waals surface area contributed by atoms with Gasteiger partial charge in [-0.1, -0.05) is 45.2 Å². The van der Waals surface area contributed by atoms with Crippen LogP contribution in [0, 0.1) is 6.92 Å². The Labute approximate surface area is 203 Å². The van der Waals surface area contributed by atoms with E-state index in [0.717, 1.165) is 10.0 Å². The third-order valence-corrected chi connectivity index (χ3v) is 5.46. The van der Waals surface area contributed by atoms with Crippen molar-refractivity contribution >= 4 is 51.4 Å². The van der Waals surface area contributed by atoms with Gasteiger partial charge in [-0.05, 0) is 61.5 Å². The van der Waals surface area contributed by atoms with Crippen molar-refractivity contribution in [3.63, 3.8) is 0 Å². The van der Waals surface area contributed by atoms with E-state index in [-0.39, 0.29) is 17.3 Å². The van der Waals surface area contributed by atoms with Crippen LogP contribution in [0.15, 0.2) is 75.8 Å². The lowest BCUT2D eigenvalue weighted by Gasteiger charge is -2.09. The van der Waals surface area contributed by atoms with E-state index < -0.39 is 11.9 Å². The molecule has 1 aliphatic rings. The number of halogens is 2. The van der Waals surface area contributed by atoms with Gasteiger partial charge in [-0.3, -0.25) is 0 Å². The van der Waals surface area contributed by atoms with Gasteiger partial charge < -0.3 is 14.2 Å². The zero-order chi connectivity index (χ0) is 23.5. The van der Waals surface area contributed by atoms with E-state index in [0.29, 0.717) is 27.5 Å². The first-order valence-corrected chi connectivity index (χ1v) is 11.0. The monoisotopic (exact) mass is 525 g/mol. The quantitative estimate of drug-likeness (QED) is 0.232. The van der Waals surface area contributed by atoms with Crippen molar-refractivity contribution in [1.29, 1.82) is 0 Å². The summed E-state index contributed by atoms with van der Waals surface area (Å²) in [4.78, 5) is 29.5. The SMILES string of the molecule is COc1ccc(Cl)cc1C1=N/C(=C\c2cc(Br)ccc2OC(=O)c2cccc(C)c2)C(=O)O1. The highest BCUT2D eigenvalue weighted by atomic mass is 79.9. The normalized spacial score (nSPS) is 14.1. The number of hydrogen-bond acceptors (Lipinski definition) is 6. The Morgan fingerprint density at radius 1 is 1.09 bits per heavy atom. The first kappa shape index (κ1) is 22.8. The smallest absolute Gasteiger partial charge is 0.363 e. The summed E-state index contributed by atoms with van der Waals surface area (Å²) >= 11 is 9.49. The molecule has 0 aromatic heterocycles. The Morgan fingerprint density at radius 2 is 1.88 bits per heavy atom. The van der Waals surface area contributed by atoms with Gasteiger partial charge in [0.05, 0.1) is 18.2 Å². The maximum Gasteiger partial charge on any atom is 0.363 e. The summed E-state index contributed by atoms with van der Waals surface area (Å²) in [5.74, 6) is -0.360. The zero-order valence-electron chi connectivity index (χ0n) is 17.6. The number of cyclic esters (lactones) is 1. The maximum atomic E-state index is 12.6. The fraction of sp³-hybridized carbons (Fsp3) is 0.0800. The van der Waals surface area contributed by atoms with Gasteiger partial charge in [-0.15, -0.1) is 0 Å². The highest BCUT2D eigenvalue weighted by molar-refractivity contribution is 9.10. The molecule has 0 unspecified atom stereocenters. The molecule has 6 nitrogen and oxygen atoms in total. The summed E-state index contributed by atoms with van der Waals surface area (Å²) in [7, 11) is 1.50. The summed E-state index contributed by atoms with van der Waals surface area (Å²) in [6.07, 6.45) is 1.50. The lowest BCUT2D eigenvalue weighted by Crippen LogP contribution is -2.09. The molecule has 0 saturated carbocycles. The van der Waals surface area contributed by atoms with Crippen LogP contribution in [-0.2, 0) is 9.53 Å². The van der Waals surface area contributed by atoms with Crippen LogP contribution in [0.25, 0.3) is 6.08 Å². The molecule has 33 heavy (non-hydrogen) atoms. The number of ether oxygens (including phenoxy) is 3. The Kier molecular flexibility index (Phi) is 6.62. The second-order valence-corrected chi connectivity index (χ2v) is 8.47. The van der Waals surface area contributed by atoms with Gasteiger partial charge in [0, 0.05) is 15.1 Å². The lowest BCUT2D eigenvalue weighted by molar-refractivity contribution is -0.129. The van der Waals surface area contributed by atoms with Gasteiger partial charge in [-0.2, -0.15) is 0 Å². The van der Waals surface area contributed by atoms with Gasteiger partial charge in [0.2, 0.25) is 5.90 Å². The zero-order valence-corrected chi connectivity index (χ0v) is 19.9. The van der Waals surface area contributed by atoms with E-state index in [2.05, 4.69) is 20.9 Å². The molecule has 8 heteroatoms. The molecule has 0 radical (unpaired) electrons. The minimum absolute atomic E-state index is 0.0398. The molecule has 3 aromatic carbocycles. The Balaban J connectivity index is 1.69. The fourth-order valence-corrected chi connectivity index (χ4v) is 3.73. The molecule has 0 atom stereocenters. The van der Waals surface area contributed by atoms with Crippen LogP contribution in [0.2, 0.25) is 5.02 Å². The number of aryl methyl sites for hydroxylation is 1. The van der Waals surface area contributed by atoms with Gasteiger partial charge in [-0.25, -0.2) is 14.6 Å². The van der Waals surface area contributed by atoms with Crippen molar-refractivity contribution in [3.8, 4) is 11.5 Å². The van der Waals surface area contributed by atoms with E-state index in [1.165, 1.54) is 13.2 Å². The summed E-state index contributed by atoms with van der Waals surface area (Å²) in [6, 6.07) is 17.1. The van der Waals surface area contributed by atoms with Crippen LogP contribution in [0.1, 0.15) is 27.0 Å². The number of carbonyl (C=O) groups excluding carboxylic acids is 2. The third kappa shape index (κ3) is 5.16. The van der Waals surface area contributed by atoms with Crippen LogP contribution in [-0.4, -0.2) is 24.9 Å². The number of aliphatic imine (C=N–C) groups is 1. The third-order valence-electron chi connectivity index (χ3n) is 4.73. The number of benzene rings is 3. The Morgan fingerprint density at radius 3 is 2.64 bits per heavy atom. The first-order chi connectivity index (χ1) is 15.8. The largest absolute Gasteiger partial charge is 0.496 e. The van der Waals surface area contributed by atoms with Crippen molar-refractivity contribution in [3.05, 3.63) is 98.1 Å². The minimum atomic E-state index is -0.650. The van der Waals surface area contributed by atoms with E-state index in [1.54, 1.807) is 54.6 Å². The predicted molar refractivity (Wildman–Crippen MR) is 129 cm³/mol. The summed E-state index contributed by atoms with van der Waals surface area (Å²) in [5.41, 5.74) is 2.32. The van der Waals surface area contributed by atoms with Crippen LogP contribution in [0.3, 0.4) is 0 Å². The topological polar surface area (TPSA) is 74.2 Å². The lowest BCUT2D eigenvalue weighted by atomic mass is 10.1. The summed E-state index contributed by atoms with van der Waals surface area (Å²) in [5, 5.41) is 0.444. The molecular formula is C25H17BrClNO5. The molecule has 4 rings (SSSR count). The standard InChI is InChI=1S/C25H17BrClNO5/c1-14-4-3-5-15(10-14)24(29)32-21-8-6-17(26)11-16(21)12-20-25(30)33-23(28-20)19-13-18(27)7-9-22(19)31-2/h3-13H,1-2H3/b20-12-. The van der Waals surface area contributed by atoms with Gasteiger partial charge in [0.15, 0.2) is 5.70 Å². The number of methoxy groups -OCH3 is 1. The van der Waals surface area contributed by atoms with Crippen molar-refractivity contribution in [2.75, 3.05) is 7.11 Å². The van der Waals surface area contributed by atoms with Crippen molar-refractivity contribution in [2.45, 2.75) is 6.92 Å². The molecule has 1 heterocycles. The number of nitrogens with zero attached hydrogens (tertiary/aromatic N) is 1. The first-order valence-electron chi connectivity index (χ1n) is 9.79. The van der Waals surface area contributed by atoms with Crippen LogP contribution in [0.5, 0.6) is 11.5 Å². The van der Waals surface area contributed by atoms with Crippen LogP contribution in [0.4, 0.5) is 0 Å². The van der Waals surface area contributed by atoms with Gasteiger partial charge in [0.25, 0.3) is 0 Å². The molecular weight excluding hydrogens is 510 g/mol. The Hall–Kier alpha value is -3.42. The summed E-state index contributed by atoms with van der Waals surface area (Å²) < 4.78 is 17.0. The molecule has 0 amide bonds. The van der Waals surface area contributed by atoms with E-state index in [4.69, 9.17) is 25.8 Å². The van der Waals surface area contributed by atoms with Crippen molar-refractivity contribution in [1.82, 2.24) is 0 Å². The number of rotatable bonds is 5. The van der Waals surface area contributed by atoms with Gasteiger partial charge in [0.1, 0.15) is 11.5 Å². The Bertz CT molecular complexity index is 1330. The molecule has 0 saturated heterocycles. The molecule has 1 aliphatic heterocycles. The summed E-state index contributed by atoms with van der Waals surface area (Å²) in [6.45, 7) is 1.89. The van der Waals surface area contributed by atoms with Crippen LogP contribution < -0.4 is 9.47 Å². The fourth-order valence-electron chi connectivity index (χ4n) is 3.17. The number of hydrogen-bond donors (Lipinski definition) is 0. The molecule has 0 aliphatic carbocycles. The molecule has 3 aromatic rings. The van der Waals surface area contributed by atoms with E-state index in [1.807, 2.05) is 13.0 Å². The molecule has 0 fully saturated rings. The van der Waals surface area contributed by atoms with Crippen LogP contribution >= 0.6 is 27.5 Å².